The Hall–Kier alpha value is -1.40. The van der Waals surface area contributed by atoms with E-state index in [0.29, 0.717) is 12.4 Å². The predicted octanol–water partition coefficient (Wildman–Crippen LogP) is 0.908. The smallest absolute Gasteiger partial charge is 0.148 e. The second-order valence-electron chi connectivity index (χ2n) is 4.16. The van der Waals surface area contributed by atoms with Gasteiger partial charge in [-0.3, -0.25) is 0 Å². The molecule has 0 radical (unpaired) electrons. The van der Waals surface area contributed by atoms with Gasteiger partial charge in [-0.2, -0.15) is 0 Å². The van der Waals surface area contributed by atoms with Gasteiger partial charge in [0.15, 0.2) is 0 Å². The van der Waals surface area contributed by atoms with E-state index >= 15 is 0 Å². The van der Waals surface area contributed by atoms with Crippen LogP contribution in [0.25, 0.3) is 0 Å². The van der Waals surface area contributed by atoms with Crippen molar-refractivity contribution in [3.8, 4) is 0 Å². The van der Waals surface area contributed by atoms with E-state index in [2.05, 4.69) is 20.7 Å². The summed E-state index contributed by atoms with van der Waals surface area (Å²) < 4.78 is 5.31. The zero-order chi connectivity index (χ0) is 12.2. The van der Waals surface area contributed by atoms with Crippen LogP contribution in [0.1, 0.15) is 19.4 Å². The lowest BCUT2D eigenvalue weighted by Gasteiger charge is -2.24. The van der Waals surface area contributed by atoms with Crippen molar-refractivity contribution in [2.75, 3.05) is 24.4 Å². The molecule has 0 fully saturated rings. The number of hydrogen-bond donors (Lipinski definition) is 3. The molecule has 0 aliphatic rings. The molecule has 0 bridgehead atoms. The number of aromatic nitrogens is 2. The largest absolute Gasteiger partial charge is 0.377 e. The summed E-state index contributed by atoms with van der Waals surface area (Å²) in [5.74, 6) is 6.71. The number of ether oxygens (including phenoxy) is 1. The molecule has 0 spiro atoms. The minimum atomic E-state index is -0.242. The maximum Gasteiger partial charge on any atom is 0.148 e. The first-order valence-electron chi connectivity index (χ1n) is 5.07. The SMILES string of the molecule is COC(C)(C)CNc1ncnc(NN)c1C. The highest BCUT2D eigenvalue weighted by molar-refractivity contribution is 5.55. The molecular formula is C10H19N5O. The Morgan fingerprint density at radius 3 is 2.56 bits per heavy atom. The molecule has 1 aromatic heterocycles. The summed E-state index contributed by atoms with van der Waals surface area (Å²) in [6.07, 6.45) is 1.46. The molecule has 0 saturated heterocycles. The fraction of sp³-hybridized carbons (Fsp3) is 0.600. The molecular weight excluding hydrogens is 206 g/mol. The van der Waals surface area contributed by atoms with E-state index in [1.165, 1.54) is 6.33 Å². The standard InChI is InChI=1S/C10H19N5O/c1-7-8(12-5-10(2,3)16-4)13-6-14-9(7)15-11/h6H,5,11H2,1-4H3,(H2,12,13,14,15). The van der Waals surface area contributed by atoms with Gasteiger partial charge in [0.1, 0.15) is 18.0 Å². The minimum Gasteiger partial charge on any atom is -0.377 e. The van der Waals surface area contributed by atoms with Crippen molar-refractivity contribution in [3.63, 3.8) is 0 Å². The van der Waals surface area contributed by atoms with Crippen LogP contribution in [0.2, 0.25) is 0 Å². The third kappa shape index (κ3) is 3.04. The van der Waals surface area contributed by atoms with Crippen LogP contribution < -0.4 is 16.6 Å². The summed E-state index contributed by atoms with van der Waals surface area (Å²) in [6.45, 7) is 6.56. The quantitative estimate of drug-likeness (QED) is 0.510. The van der Waals surface area contributed by atoms with E-state index < -0.39 is 0 Å². The van der Waals surface area contributed by atoms with Gasteiger partial charge in [0.25, 0.3) is 0 Å². The summed E-state index contributed by atoms with van der Waals surface area (Å²) in [5.41, 5.74) is 3.17. The predicted molar refractivity (Wildman–Crippen MR) is 64.2 cm³/mol. The van der Waals surface area contributed by atoms with Crippen LogP contribution in [0.3, 0.4) is 0 Å². The zero-order valence-electron chi connectivity index (χ0n) is 10.2. The molecule has 0 saturated carbocycles. The lowest BCUT2D eigenvalue weighted by atomic mass is 10.1. The van der Waals surface area contributed by atoms with E-state index in [1.54, 1.807) is 7.11 Å². The monoisotopic (exact) mass is 225 g/mol. The second-order valence-corrected chi connectivity index (χ2v) is 4.16. The van der Waals surface area contributed by atoms with E-state index in [1.807, 2.05) is 20.8 Å². The lowest BCUT2D eigenvalue weighted by molar-refractivity contribution is 0.0343. The van der Waals surface area contributed by atoms with Crippen LogP contribution in [0.4, 0.5) is 11.6 Å². The molecule has 0 atom stereocenters. The Morgan fingerprint density at radius 1 is 1.38 bits per heavy atom. The van der Waals surface area contributed by atoms with Gasteiger partial charge in [-0.1, -0.05) is 0 Å². The lowest BCUT2D eigenvalue weighted by Crippen LogP contribution is -2.32. The normalized spacial score (nSPS) is 11.3. The number of hydrogen-bond acceptors (Lipinski definition) is 6. The number of methoxy groups -OCH3 is 1. The molecule has 1 heterocycles. The van der Waals surface area contributed by atoms with Crippen LogP contribution in [0, 0.1) is 6.92 Å². The second kappa shape index (κ2) is 5.09. The number of nitrogen functional groups attached to an aromatic ring is 1. The first kappa shape index (κ1) is 12.7. The highest BCUT2D eigenvalue weighted by Crippen LogP contribution is 2.18. The van der Waals surface area contributed by atoms with Gasteiger partial charge in [-0.15, -0.1) is 0 Å². The Balaban J connectivity index is 2.75. The topological polar surface area (TPSA) is 85.1 Å². The Labute approximate surface area is 95.6 Å². The average molecular weight is 225 g/mol. The van der Waals surface area contributed by atoms with Gasteiger partial charge in [-0.25, -0.2) is 15.8 Å². The molecule has 4 N–H and O–H groups in total. The maximum atomic E-state index is 5.33. The molecule has 0 aromatic carbocycles. The highest BCUT2D eigenvalue weighted by Gasteiger charge is 2.17. The summed E-state index contributed by atoms with van der Waals surface area (Å²) in [4.78, 5) is 8.15. The zero-order valence-corrected chi connectivity index (χ0v) is 10.2. The van der Waals surface area contributed by atoms with Crippen LogP contribution in [-0.2, 0) is 4.74 Å². The van der Waals surface area contributed by atoms with E-state index in [9.17, 15) is 0 Å². The molecule has 0 amide bonds. The summed E-state index contributed by atoms with van der Waals surface area (Å²) in [5, 5.41) is 3.21. The van der Waals surface area contributed by atoms with E-state index in [4.69, 9.17) is 10.6 Å². The van der Waals surface area contributed by atoms with Gasteiger partial charge < -0.3 is 15.5 Å². The first-order chi connectivity index (χ1) is 7.50. The summed E-state index contributed by atoms with van der Waals surface area (Å²) in [6, 6.07) is 0. The Kier molecular flexibility index (Phi) is 4.03. The van der Waals surface area contributed by atoms with Gasteiger partial charge in [-0.05, 0) is 20.8 Å². The van der Waals surface area contributed by atoms with Crippen molar-refractivity contribution < 1.29 is 4.74 Å². The van der Waals surface area contributed by atoms with Crippen molar-refractivity contribution in [1.29, 1.82) is 0 Å². The van der Waals surface area contributed by atoms with E-state index in [0.717, 1.165) is 11.4 Å². The molecule has 0 aliphatic heterocycles. The van der Waals surface area contributed by atoms with Crippen molar-refractivity contribution in [2.24, 2.45) is 5.84 Å². The van der Waals surface area contributed by atoms with Gasteiger partial charge in [0.05, 0.1) is 5.60 Å². The molecule has 1 rings (SSSR count). The molecule has 0 aliphatic carbocycles. The number of nitrogens with two attached hydrogens (primary N) is 1. The number of nitrogens with zero attached hydrogens (tertiary/aromatic N) is 2. The molecule has 90 valence electrons. The van der Waals surface area contributed by atoms with Crippen LogP contribution in [0.15, 0.2) is 6.33 Å². The van der Waals surface area contributed by atoms with Gasteiger partial charge in [0, 0.05) is 19.2 Å². The van der Waals surface area contributed by atoms with Gasteiger partial charge >= 0.3 is 0 Å². The first-order valence-corrected chi connectivity index (χ1v) is 5.07. The van der Waals surface area contributed by atoms with Crippen molar-refractivity contribution in [2.45, 2.75) is 26.4 Å². The molecule has 6 heteroatoms. The third-order valence-corrected chi connectivity index (χ3v) is 2.45. The number of nitrogens with one attached hydrogen (secondary N) is 2. The fourth-order valence-corrected chi connectivity index (χ4v) is 1.14. The van der Waals surface area contributed by atoms with Crippen LogP contribution in [0.5, 0.6) is 0 Å². The van der Waals surface area contributed by atoms with Crippen LogP contribution >= 0.6 is 0 Å². The third-order valence-electron chi connectivity index (χ3n) is 2.45. The van der Waals surface area contributed by atoms with Crippen LogP contribution in [-0.4, -0.2) is 29.2 Å². The fourth-order valence-electron chi connectivity index (χ4n) is 1.14. The number of hydrazine groups is 1. The highest BCUT2D eigenvalue weighted by atomic mass is 16.5. The maximum absolute atomic E-state index is 5.33. The molecule has 16 heavy (non-hydrogen) atoms. The van der Waals surface area contributed by atoms with E-state index in [-0.39, 0.29) is 5.60 Å². The molecule has 1 aromatic rings. The number of rotatable bonds is 5. The molecule has 0 unspecified atom stereocenters. The Bertz CT molecular complexity index is 353. The van der Waals surface area contributed by atoms with Gasteiger partial charge in [0.2, 0.25) is 0 Å². The summed E-state index contributed by atoms with van der Waals surface area (Å²) >= 11 is 0. The Morgan fingerprint density at radius 2 is 2.00 bits per heavy atom. The minimum absolute atomic E-state index is 0.242. The average Bonchev–Trinajstić information content (AvgIpc) is 2.28. The molecule has 6 nitrogen and oxygen atoms in total. The van der Waals surface area contributed by atoms with Crippen molar-refractivity contribution >= 4 is 11.6 Å². The summed E-state index contributed by atoms with van der Waals surface area (Å²) in [7, 11) is 1.68. The van der Waals surface area contributed by atoms with Crippen molar-refractivity contribution in [1.82, 2.24) is 9.97 Å². The number of anilines is 2. The van der Waals surface area contributed by atoms with Crippen molar-refractivity contribution in [3.05, 3.63) is 11.9 Å².